The first-order valence-electron chi connectivity index (χ1n) is 6.69. The maximum atomic E-state index is 11.9. The predicted molar refractivity (Wildman–Crippen MR) is 73.1 cm³/mol. The summed E-state index contributed by atoms with van der Waals surface area (Å²) in [5.41, 5.74) is 0.795. The quantitative estimate of drug-likeness (QED) is 0.782. The van der Waals surface area contributed by atoms with Gasteiger partial charge in [-0.3, -0.25) is 4.57 Å². The van der Waals surface area contributed by atoms with Gasteiger partial charge in [-0.05, 0) is 30.9 Å². The highest BCUT2D eigenvalue weighted by Crippen LogP contribution is 2.28. The Morgan fingerprint density at radius 1 is 1.45 bits per heavy atom. The van der Waals surface area contributed by atoms with Crippen molar-refractivity contribution in [2.45, 2.75) is 19.4 Å². The second kappa shape index (κ2) is 5.13. The Hall–Kier alpha value is -2.08. The fourth-order valence-electron chi connectivity index (χ4n) is 2.30. The van der Waals surface area contributed by atoms with E-state index in [9.17, 15) is 14.7 Å². The van der Waals surface area contributed by atoms with E-state index in [1.165, 1.54) is 23.5 Å². The van der Waals surface area contributed by atoms with E-state index in [1.807, 2.05) is 0 Å². The number of carbonyl (C=O) groups is 1. The number of hydrogen-bond donors (Lipinski definition) is 2. The zero-order chi connectivity index (χ0) is 14.1. The number of nitrogens with zero attached hydrogens (tertiary/aromatic N) is 1. The van der Waals surface area contributed by atoms with E-state index in [4.69, 9.17) is 4.74 Å². The smallest absolute Gasteiger partial charge is 0.337 e. The molecular formula is C14H16N2O4. The summed E-state index contributed by atoms with van der Waals surface area (Å²) >= 11 is 0. The van der Waals surface area contributed by atoms with Gasteiger partial charge in [0.15, 0.2) is 0 Å². The lowest BCUT2D eigenvalue weighted by Gasteiger charge is -2.06. The summed E-state index contributed by atoms with van der Waals surface area (Å²) in [6.07, 6.45) is 2.44. The molecule has 0 aliphatic heterocycles. The molecule has 1 heterocycles. The van der Waals surface area contributed by atoms with Gasteiger partial charge < -0.3 is 14.8 Å². The number of ether oxygens (including phenoxy) is 1. The monoisotopic (exact) mass is 276 g/mol. The number of benzene rings is 1. The van der Waals surface area contributed by atoms with Crippen molar-refractivity contribution in [2.24, 2.45) is 5.92 Å². The van der Waals surface area contributed by atoms with Crippen LogP contribution in [0.15, 0.2) is 23.0 Å². The van der Waals surface area contributed by atoms with Crippen molar-refractivity contribution in [1.82, 2.24) is 9.55 Å². The van der Waals surface area contributed by atoms with Crippen LogP contribution in [0.2, 0.25) is 0 Å². The van der Waals surface area contributed by atoms with Gasteiger partial charge >= 0.3 is 11.7 Å². The van der Waals surface area contributed by atoms with Crippen molar-refractivity contribution in [2.75, 3.05) is 13.2 Å². The zero-order valence-electron chi connectivity index (χ0n) is 11.0. The molecule has 6 heteroatoms. The fourth-order valence-corrected chi connectivity index (χ4v) is 2.30. The summed E-state index contributed by atoms with van der Waals surface area (Å²) in [5, 5.41) is 9.21. The molecule has 3 rings (SSSR count). The maximum absolute atomic E-state index is 11.9. The van der Waals surface area contributed by atoms with Gasteiger partial charge in [-0.2, -0.15) is 0 Å². The Labute approximate surface area is 115 Å². The molecule has 2 N–H and O–H groups in total. The van der Waals surface area contributed by atoms with Gasteiger partial charge in [0, 0.05) is 6.61 Å². The van der Waals surface area contributed by atoms with Crippen molar-refractivity contribution in [3.8, 4) is 0 Å². The molecule has 0 saturated heterocycles. The third kappa shape index (κ3) is 2.46. The molecule has 0 atom stereocenters. The summed E-state index contributed by atoms with van der Waals surface area (Å²) in [6.45, 7) is 1.50. The topological polar surface area (TPSA) is 84.3 Å². The number of hydrogen-bond acceptors (Lipinski definition) is 3. The van der Waals surface area contributed by atoms with Crippen LogP contribution in [0.4, 0.5) is 0 Å². The molecule has 2 aromatic rings. The fraction of sp³-hybridized carbons (Fsp3) is 0.429. The van der Waals surface area contributed by atoms with Gasteiger partial charge in [-0.1, -0.05) is 6.07 Å². The largest absolute Gasteiger partial charge is 0.478 e. The first-order valence-corrected chi connectivity index (χ1v) is 6.69. The number of aromatic carboxylic acids is 1. The number of rotatable bonds is 6. The van der Waals surface area contributed by atoms with Crippen LogP contribution in [0, 0.1) is 5.92 Å². The molecule has 0 amide bonds. The van der Waals surface area contributed by atoms with Crippen molar-refractivity contribution in [1.29, 1.82) is 0 Å². The molecular weight excluding hydrogens is 260 g/mol. The van der Waals surface area contributed by atoms with Crippen molar-refractivity contribution in [3.63, 3.8) is 0 Å². The van der Waals surface area contributed by atoms with E-state index >= 15 is 0 Å². The third-order valence-corrected chi connectivity index (χ3v) is 3.53. The number of carboxylic acid groups (broad SMARTS) is 1. The first kappa shape index (κ1) is 12.9. The SMILES string of the molecule is O=C(O)c1cccc2[nH]c(=O)n(CCOCC3CC3)c12. The molecule has 1 aromatic carbocycles. The summed E-state index contributed by atoms with van der Waals surface area (Å²) in [4.78, 5) is 25.8. The van der Waals surface area contributed by atoms with Crippen LogP contribution in [-0.2, 0) is 11.3 Å². The van der Waals surface area contributed by atoms with Crippen molar-refractivity contribution < 1.29 is 14.6 Å². The minimum absolute atomic E-state index is 0.128. The van der Waals surface area contributed by atoms with Crippen LogP contribution in [0.25, 0.3) is 11.0 Å². The molecule has 106 valence electrons. The maximum Gasteiger partial charge on any atom is 0.337 e. The van der Waals surface area contributed by atoms with E-state index in [0.29, 0.717) is 30.1 Å². The summed E-state index contributed by atoms with van der Waals surface area (Å²) in [6, 6.07) is 4.82. The molecule has 1 aliphatic rings. The Bertz CT molecular complexity index is 697. The van der Waals surface area contributed by atoms with Crippen LogP contribution in [0.5, 0.6) is 0 Å². The second-order valence-corrected chi connectivity index (χ2v) is 5.11. The number of nitrogens with one attached hydrogen (secondary N) is 1. The number of aromatic amines is 1. The van der Waals surface area contributed by atoms with E-state index in [0.717, 1.165) is 6.61 Å². The van der Waals surface area contributed by atoms with Crippen LogP contribution >= 0.6 is 0 Å². The predicted octanol–water partition coefficient (Wildman–Crippen LogP) is 1.45. The Morgan fingerprint density at radius 2 is 2.25 bits per heavy atom. The number of imidazole rings is 1. The third-order valence-electron chi connectivity index (χ3n) is 3.53. The number of carboxylic acids is 1. The van der Waals surface area contributed by atoms with Gasteiger partial charge in [0.1, 0.15) is 0 Å². The lowest BCUT2D eigenvalue weighted by Crippen LogP contribution is -2.20. The number of para-hydroxylation sites is 1. The minimum Gasteiger partial charge on any atom is -0.478 e. The molecule has 1 aromatic heterocycles. The molecule has 6 nitrogen and oxygen atoms in total. The molecule has 0 bridgehead atoms. The molecule has 20 heavy (non-hydrogen) atoms. The Balaban J connectivity index is 1.86. The lowest BCUT2D eigenvalue weighted by atomic mass is 10.2. The van der Waals surface area contributed by atoms with E-state index in [2.05, 4.69) is 4.98 Å². The van der Waals surface area contributed by atoms with Gasteiger partial charge in [0.05, 0.1) is 29.7 Å². The normalized spacial score (nSPS) is 14.8. The summed E-state index contributed by atoms with van der Waals surface area (Å²) < 4.78 is 6.95. The van der Waals surface area contributed by atoms with Gasteiger partial charge in [0.2, 0.25) is 0 Å². The average Bonchev–Trinajstić information content (AvgIpc) is 3.18. The highest BCUT2D eigenvalue weighted by Gasteiger charge is 2.21. The van der Waals surface area contributed by atoms with Crippen molar-refractivity contribution in [3.05, 3.63) is 34.2 Å². The first-order chi connectivity index (χ1) is 9.66. The second-order valence-electron chi connectivity index (χ2n) is 5.11. The van der Waals surface area contributed by atoms with Crippen molar-refractivity contribution >= 4 is 17.0 Å². The summed E-state index contributed by atoms with van der Waals surface area (Å²) in [5.74, 6) is -0.369. The highest BCUT2D eigenvalue weighted by molar-refractivity contribution is 6.01. The molecule has 1 fully saturated rings. The van der Waals surface area contributed by atoms with Crippen LogP contribution < -0.4 is 5.69 Å². The zero-order valence-corrected chi connectivity index (χ0v) is 11.0. The molecule has 0 radical (unpaired) electrons. The van der Waals surface area contributed by atoms with E-state index in [1.54, 1.807) is 12.1 Å². The van der Waals surface area contributed by atoms with Gasteiger partial charge in [0.25, 0.3) is 0 Å². The number of aromatic nitrogens is 2. The number of fused-ring (bicyclic) bond motifs is 1. The van der Waals surface area contributed by atoms with E-state index in [-0.39, 0.29) is 11.3 Å². The van der Waals surface area contributed by atoms with Crippen LogP contribution in [0.1, 0.15) is 23.2 Å². The Morgan fingerprint density at radius 3 is 2.95 bits per heavy atom. The molecule has 1 aliphatic carbocycles. The van der Waals surface area contributed by atoms with Crippen LogP contribution in [-0.4, -0.2) is 33.8 Å². The molecule has 0 unspecified atom stereocenters. The molecule has 0 spiro atoms. The average molecular weight is 276 g/mol. The standard InChI is InChI=1S/C14H16N2O4/c17-13(18)10-2-1-3-11-12(10)16(14(19)15-11)6-7-20-8-9-4-5-9/h1-3,9H,4-8H2,(H,15,19)(H,17,18). The lowest BCUT2D eigenvalue weighted by molar-refractivity contribution is 0.0698. The minimum atomic E-state index is -1.04. The Kier molecular flexibility index (Phi) is 3.31. The summed E-state index contributed by atoms with van der Waals surface area (Å²) in [7, 11) is 0. The van der Waals surface area contributed by atoms with E-state index < -0.39 is 5.97 Å². The highest BCUT2D eigenvalue weighted by atomic mass is 16.5. The van der Waals surface area contributed by atoms with Gasteiger partial charge in [-0.25, -0.2) is 9.59 Å². The van der Waals surface area contributed by atoms with Crippen LogP contribution in [0.3, 0.4) is 0 Å². The van der Waals surface area contributed by atoms with Gasteiger partial charge in [-0.15, -0.1) is 0 Å². The molecule has 1 saturated carbocycles. The number of H-pyrrole nitrogens is 1.